The SMILES string of the molecule is Nc1cccc(N=Nc2c(S(=O)(=O)O)cc3ccc(N=Nc4cc(SOOO)ccc4S(=O)(=O)O)c(N)c3c2O)c1.O=S(=O)=O.O=S(=O)=O. The molecule has 4 rings (SSSR count). The molecule has 0 bridgehead atoms. The number of benzene rings is 4. The van der Waals surface area contributed by atoms with Crippen molar-refractivity contribution in [2.24, 2.45) is 20.5 Å². The number of hydrogen-bond acceptors (Lipinski definition) is 21. The summed E-state index contributed by atoms with van der Waals surface area (Å²) >= 11 is 0.487. The van der Waals surface area contributed by atoms with E-state index < -0.39 is 62.7 Å². The summed E-state index contributed by atoms with van der Waals surface area (Å²) in [4.78, 5) is -1.19. The summed E-state index contributed by atoms with van der Waals surface area (Å²) in [6.07, 6.45) is 0. The second-order valence-electron chi connectivity index (χ2n) is 8.38. The molecule has 262 valence electrons. The fourth-order valence-corrected chi connectivity index (χ4v) is 5.19. The topological polar surface area (TPSA) is 372 Å². The molecule has 0 radical (unpaired) electrons. The van der Waals surface area contributed by atoms with Crippen LogP contribution >= 0.6 is 12.0 Å². The van der Waals surface area contributed by atoms with Gasteiger partial charge >= 0.3 is 21.2 Å². The van der Waals surface area contributed by atoms with Gasteiger partial charge in [0.2, 0.25) is 0 Å². The van der Waals surface area contributed by atoms with Crippen LogP contribution in [0.15, 0.2) is 95.8 Å². The van der Waals surface area contributed by atoms with Gasteiger partial charge in [-0.25, -0.2) is 5.26 Å². The summed E-state index contributed by atoms with van der Waals surface area (Å²) in [6.45, 7) is 0. The van der Waals surface area contributed by atoms with Crippen molar-refractivity contribution in [3.05, 3.63) is 60.7 Å². The molecule has 0 fully saturated rings. The largest absolute Gasteiger partial charge is 0.505 e. The van der Waals surface area contributed by atoms with Crippen LogP contribution in [0.2, 0.25) is 0 Å². The second kappa shape index (κ2) is 17.4. The Hall–Kier alpha value is -4.97. The lowest BCUT2D eigenvalue weighted by Crippen LogP contribution is -2.00. The van der Waals surface area contributed by atoms with Crippen molar-refractivity contribution in [3.63, 3.8) is 0 Å². The first-order chi connectivity index (χ1) is 22.8. The normalized spacial score (nSPS) is 11.5. The van der Waals surface area contributed by atoms with Crippen LogP contribution < -0.4 is 11.5 Å². The standard InChI is InChI=1S/C22H18N6O10S3.2O3S/c23-12-2-1-3-13(9-12)25-28-21-18(41(34,35)36)8-11-4-6-15(20(24)19(11)22(21)29)26-27-16-10-14(39-38-37-30)5-7-17(16)40(31,32)33;2*1-4(2)3/h1-10,29-30H,23-24H2,(H,31,32,33)(H,34,35,36);;. The summed E-state index contributed by atoms with van der Waals surface area (Å²) in [5.74, 6) is -0.768. The average molecular weight is 783 g/mol. The minimum absolute atomic E-state index is 0.0626. The summed E-state index contributed by atoms with van der Waals surface area (Å²) in [5.41, 5.74) is 11.1. The Balaban J connectivity index is 0.000000939. The highest BCUT2D eigenvalue weighted by Crippen LogP contribution is 2.46. The maximum Gasteiger partial charge on any atom is 0.425 e. The number of azo groups is 2. The van der Waals surface area contributed by atoms with Crippen LogP contribution in [0.3, 0.4) is 0 Å². The summed E-state index contributed by atoms with van der Waals surface area (Å²) < 4.78 is 122. The Kier molecular flexibility index (Phi) is 14.3. The fourth-order valence-electron chi connectivity index (χ4n) is 3.54. The maximum absolute atomic E-state index is 12.1. The molecule has 49 heavy (non-hydrogen) atoms. The van der Waals surface area contributed by atoms with Crippen molar-refractivity contribution in [1.82, 2.24) is 0 Å². The molecule has 0 aromatic heterocycles. The van der Waals surface area contributed by atoms with Crippen LogP contribution in [0, 0.1) is 0 Å². The Morgan fingerprint density at radius 2 is 1.31 bits per heavy atom. The van der Waals surface area contributed by atoms with Gasteiger partial charge in [-0.15, -0.1) is 44.9 Å². The average Bonchev–Trinajstić information content (AvgIpc) is 2.97. The number of phenols is 1. The lowest BCUT2D eigenvalue weighted by Gasteiger charge is -2.12. The van der Waals surface area contributed by atoms with E-state index >= 15 is 0 Å². The molecule has 0 saturated heterocycles. The maximum atomic E-state index is 12.1. The Morgan fingerprint density at radius 1 is 0.714 bits per heavy atom. The van der Waals surface area contributed by atoms with Gasteiger partial charge in [-0.2, -0.15) is 21.9 Å². The first-order valence-electron chi connectivity index (χ1n) is 11.8. The lowest BCUT2D eigenvalue weighted by atomic mass is 10.1. The molecular weight excluding hydrogens is 765 g/mol. The van der Waals surface area contributed by atoms with Gasteiger partial charge in [0.05, 0.1) is 28.8 Å². The van der Waals surface area contributed by atoms with Crippen molar-refractivity contribution in [1.29, 1.82) is 0 Å². The zero-order valence-electron chi connectivity index (χ0n) is 23.4. The third-order valence-corrected chi connectivity index (χ3v) is 7.63. The van der Waals surface area contributed by atoms with Gasteiger partial charge in [0.1, 0.15) is 26.9 Å². The zero-order chi connectivity index (χ0) is 37.1. The van der Waals surface area contributed by atoms with Gasteiger partial charge in [-0.1, -0.05) is 17.2 Å². The molecule has 0 atom stereocenters. The smallest absolute Gasteiger partial charge is 0.425 e. The summed E-state index contributed by atoms with van der Waals surface area (Å²) in [6, 6.07) is 13.0. The van der Waals surface area contributed by atoms with Gasteiger partial charge in [0.25, 0.3) is 20.2 Å². The monoisotopic (exact) mass is 782 g/mol. The molecule has 4 aromatic rings. The molecular formula is C22H18N6O16S5. The van der Waals surface area contributed by atoms with E-state index in [4.69, 9.17) is 42.0 Å². The van der Waals surface area contributed by atoms with Gasteiger partial charge < -0.3 is 16.6 Å². The van der Waals surface area contributed by atoms with Gasteiger partial charge in [-0.05, 0) is 53.9 Å². The molecule has 0 heterocycles. The number of anilines is 2. The Bertz CT molecular complexity index is 2350. The van der Waals surface area contributed by atoms with E-state index in [1.165, 1.54) is 30.3 Å². The molecule has 0 aliphatic heterocycles. The highest BCUT2D eigenvalue weighted by molar-refractivity contribution is 7.94. The van der Waals surface area contributed by atoms with Crippen LogP contribution in [-0.4, -0.2) is 61.6 Å². The number of fused-ring (bicyclic) bond motifs is 1. The van der Waals surface area contributed by atoms with Gasteiger partial charge in [0, 0.05) is 10.6 Å². The molecule has 0 unspecified atom stereocenters. The number of nitrogen functional groups attached to an aromatic ring is 2. The number of nitrogens with zero attached hydrogens (tertiary/aromatic N) is 4. The minimum atomic E-state index is -4.90. The van der Waals surface area contributed by atoms with Crippen LogP contribution in [0.4, 0.5) is 34.1 Å². The van der Waals surface area contributed by atoms with E-state index in [9.17, 15) is 31.0 Å². The highest BCUT2D eigenvalue weighted by Gasteiger charge is 2.24. The third kappa shape index (κ3) is 12.2. The van der Waals surface area contributed by atoms with Crippen molar-refractivity contribution >= 4 is 98.4 Å². The van der Waals surface area contributed by atoms with E-state index in [1.54, 1.807) is 12.1 Å². The number of nitrogens with two attached hydrogens (primary N) is 2. The van der Waals surface area contributed by atoms with E-state index in [0.717, 1.165) is 18.2 Å². The molecule has 0 amide bonds. The quantitative estimate of drug-likeness (QED) is 0.0353. The first kappa shape index (κ1) is 40.2. The van der Waals surface area contributed by atoms with E-state index in [-0.39, 0.29) is 38.4 Å². The minimum Gasteiger partial charge on any atom is -0.505 e. The molecule has 22 nitrogen and oxygen atoms in total. The van der Waals surface area contributed by atoms with Crippen molar-refractivity contribution < 1.29 is 70.9 Å². The van der Waals surface area contributed by atoms with Crippen LogP contribution in [0.1, 0.15) is 0 Å². The molecule has 27 heteroatoms. The molecule has 4 aromatic carbocycles. The highest BCUT2D eigenvalue weighted by atomic mass is 32.2. The van der Waals surface area contributed by atoms with E-state index in [1.807, 2.05) is 0 Å². The van der Waals surface area contributed by atoms with Gasteiger partial charge in [-0.3, -0.25) is 9.11 Å². The van der Waals surface area contributed by atoms with E-state index in [0.29, 0.717) is 17.7 Å². The Morgan fingerprint density at radius 3 is 1.86 bits per heavy atom. The van der Waals surface area contributed by atoms with Crippen molar-refractivity contribution in [2.75, 3.05) is 11.5 Å². The number of hydrogen-bond donors (Lipinski definition) is 6. The number of aromatic hydroxyl groups is 1. The van der Waals surface area contributed by atoms with E-state index in [2.05, 4.69) is 29.8 Å². The molecule has 0 spiro atoms. The van der Waals surface area contributed by atoms with Crippen LogP contribution in [0.25, 0.3) is 10.8 Å². The number of phenolic OH excluding ortho intramolecular Hbond substituents is 1. The van der Waals surface area contributed by atoms with Crippen LogP contribution in [-0.2, 0) is 50.8 Å². The molecule has 0 aliphatic rings. The van der Waals surface area contributed by atoms with Crippen molar-refractivity contribution in [3.8, 4) is 5.75 Å². The molecule has 0 saturated carbocycles. The van der Waals surface area contributed by atoms with Crippen molar-refractivity contribution in [2.45, 2.75) is 14.7 Å². The molecule has 0 aliphatic carbocycles. The van der Waals surface area contributed by atoms with Crippen LogP contribution in [0.5, 0.6) is 5.75 Å². The summed E-state index contributed by atoms with van der Waals surface area (Å²) in [5, 5.41) is 38.2. The van der Waals surface area contributed by atoms with Gasteiger partial charge in [0.15, 0.2) is 5.75 Å². The first-order valence-corrected chi connectivity index (χ1v) is 17.4. The lowest BCUT2D eigenvalue weighted by molar-refractivity contribution is -0.432. The predicted molar refractivity (Wildman–Crippen MR) is 165 cm³/mol. The fraction of sp³-hybridized carbons (Fsp3) is 0. The third-order valence-electron chi connectivity index (χ3n) is 5.28. The Labute approximate surface area is 281 Å². The summed E-state index contributed by atoms with van der Waals surface area (Å²) in [7, 11) is -15.9. The predicted octanol–water partition coefficient (Wildman–Crippen LogP) is 3.45. The molecule has 8 N–H and O–H groups in total. The number of rotatable bonds is 9. The zero-order valence-corrected chi connectivity index (χ0v) is 27.5. The second-order valence-corrected chi connectivity index (χ2v) is 12.7.